The number of carbonyl (C=O) groups is 1. The third kappa shape index (κ3) is 3.52. The summed E-state index contributed by atoms with van der Waals surface area (Å²) < 4.78 is 6.60. The van der Waals surface area contributed by atoms with Gasteiger partial charge >= 0.3 is 0 Å². The number of nitrogens with zero attached hydrogens (tertiary/aromatic N) is 2. The van der Waals surface area contributed by atoms with Crippen LogP contribution in [0.2, 0.25) is 0 Å². The number of benzene rings is 1. The fourth-order valence-corrected chi connectivity index (χ4v) is 2.42. The van der Waals surface area contributed by atoms with E-state index in [1.54, 1.807) is 32.3 Å². The van der Waals surface area contributed by atoms with Gasteiger partial charge in [-0.25, -0.2) is 4.98 Å². The first-order chi connectivity index (χ1) is 9.88. The Morgan fingerprint density at radius 1 is 1.33 bits per heavy atom. The van der Waals surface area contributed by atoms with Crippen molar-refractivity contribution in [3.63, 3.8) is 0 Å². The van der Waals surface area contributed by atoms with Crippen LogP contribution < -0.4 is 10.5 Å². The van der Waals surface area contributed by atoms with Gasteiger partial charge < -0.3 is 15.4 Å². The highest BCUT2D eigenvalue weighted by molar-refractivity contribution is 9.10. The average molecular weight is 350 g/mol. The summed E-state index contributed by atoms with van der Waals surface area (Å²) in [5, 5.41) is 0. The number of rotatable bonds is 3. The van der Waals surface area contributed by atoms with Crippen LogP contribution in [0.15, 0.2) is 34.9 Å². The van der Waals surface area contributed by atoms with Crippen molar-refractivity contribution in [3.8, 4) is 11.6 Å². The number of aryl methyl sites for hydroxylation is 1. The van der Waals surface area contributed by atoms with Crippen LogP contribution >= 0.6 is 15.9 Å². The molecule has 1 aromatic heterocycles. The second-order valence-corrected chi connectivity index (χ2v) is 5.74. The molecule has 0 unspecified atom stereocenters. The number of pyridine rings is 1. The van der Waals surface area contributed by atoms with E-state index in [-0.39, 0.29) is 5.91 Å². The third-order valence-corrected chi connectivity index (χ3v) is 3.32. The molecule has 2 rings (SSSR count). The lowest BCUT2D eigenvalue weighted by Gasteiger charge is -2.12. The van der Waals surface area contributed by atoms with Crippen LogP contribution in [0.3, 0.4) is 0 Å². The number of nitrogens with two attached hydrogens (primary N) is 1. The third-order valence-electron chi connectivity index (χ3n) is 2.86. The molecule has 0 atom stereocenters. The van der Waals surface area contributed by atoms with Crippen LogP contribution in [-0.2, 0) is 0 Å². The maximum absolute atomic E-state index is 11.8. The van der Waals surface area contributed by atoms with Crippen molar-refractivity contribution in [1.29, 1.82) is 0 Å². The van der Waals surface area contributed by atoms with E-state index in [1.165, 1.54) is 11.1 Å². The Labute approximate surface area is 131 Å². The van der Waals surface area contributed by atoms with Crippen molar-refractivity contribution >= 4 is 27.5 Å². The summed E-state index contributed by atoms with van der Waals surface area (Å²) in [7, 11) is 3.39. The predicted molar refractivity (Wildman–Crippen MR) is 85.6 cm³/mol. The van der Waals surface area contributed by atoms with Crippen molar-refractivity contribution in [1.82, 2.24) is 9.88 Å². The minimum absolute atomic E-state index is 0.103. The molecule has 2 N–H and O–H groups in total. The summed E-state index contributed by atoms with van der Waals surface area (Å²) >= 11 is 3.38. The second kappa shape index (κ2) is 6.13. The van der Waals surface area contributed by atoms with Crippen LogP contribution in [0, 0.1) is 6.92 Å². The number of nitrogen functional groups attached to an aromatic ring is 1. The zero-order valence-corrected chi connectivity index (χ0v) is 13.6. The van der Waals surface area contributed by atoms with Gasteiger partial charge in [0.15, 0.2) is 5.75 Å². The van der Waals surface area contributed by atoms with E-state index in [0.29, 0.717) is 22.9 Å². The largest absolute Gasteiger partial charge is 0.437 e. The first-order valence-electron chi connectivity index (χ1n) is 6.29. The van der Waals surface area contributed by atoms with Crippen LogP contribution in [-0.4, -0.2) is 29.9 Å². The molecule has 0 bridgehead atoms. The van der Waals surface area contributed by atoms with Crippen molar-refractivity contribution in [3.05, 3.63) is 46.1 Å². The lowest BCUT2D eigenvalue weighted by atomic mass is 10.2. The molecule has 1 heterocycles. The van der Waals surface area contributed by atoms with Gasteiger partial charge in [-0.15, -0.1) is 0 Å². The van der Waals surface area contributed by atoms with Crippen molar-refractivity contribution in [2.45, 2.75) is 6.92 Å². The molecule has 6 heteroatoms. The summed E-state index contributed by atoms with van der Waals surface area (Å²) in [6.07, 6.45) is 1.49. The van der Waals surface area contributed by atoms with Gasteiger partial charge in [0.05, 0.1) is 11.3 Å². The highest BCUT2D eigenvalue weighted by Crippen LogP contribution is 2.33. The zero-order chi connectivity index (χ0) is 15.6. The summed E-state index contributed by atoms with van der Waals surface area (Å²) in [4.78, 5) is 17.4. The minimum atomic E-state index is -0.103. The number of hydrogen-bond acceptors (Lipinski definition) is 4. The molecule has 1 amide bonds. The van der Waals surface area contributed by atoms with Gasteiger partial charge in [0.1, 0.15) is 0 Å². The molecule has 0 radical (unpaired) electrons. The van der Waals surface area contributed by atoms with Crippen molar-refractivity contribution < 1.29 is 9.53 Å². The molecule has 0 aliphatic heterocycles. The summed E-state index contributed by atoms with van der Waals surface area (Å²) in [5.41, 5.74) is 7.88. The normalized spacial score (nSPS) is 10.3. The maximum atomic E-state index is 11.8. The van der Waals surface area contributed by atoms with Crippen molar-refractivity contribution in [2.24, 2.45) is 0 Å². The number of carbonyl (C=O) groups excluding carboxylic acids is 1. The molecule has 0 saturated carbocycles. The number of hydrogen-bond donors (Lipinski definition) is 1. The van der Waals surface area contributed by atoms with Crippen LogP contribution in [0.4, 0.5) is 5.69 Å². The highest BCUT2D eigenvalue weighted by atomic mass is 79.9. The zero-order valence-electron chi connectivity index (χ0n) is 12.1. The van der Waals surface area contributed by atoms with Gasteiger partial charge in [0, 0.05) is 30.8 Å². The van der Waals surface area contributed by atoms with E-state index in [2.05, 4.69) is 20.9 Å². The van der Waals surface area contributed by atoms with E-state index in [4.69, 9.17) is 10.5 Å². The average Bonchev–Trinajstić information content (AvgIpc) is 2.42. The molecule has 0 saturated heterocycles. The monoisotopic (exact) mass is 349 g/mol. The van der Waals surface area contributed by atoms with Crippen LogP contribution in [0.5, 0.6) is 11.6 Å². The van der Waals surface area contributed by atoms with Gasteiger partial charge in [-0.2, -0.15) is 0 Å². The minimum Gasteiger partial charge on any atom is -0.437 e. The van der Waals surface area contributed by atoms with E-state index in [1.807, 2.05) is 13.0 Å². The number of anilines is 1. The molecule has 5 nitrogen and oxygen atoms in total. The Morgan fingerprint density at radius 2 is 2.05 bits per heavy atom. The summed E-state index contributed by atoms with van der Waals surface area (Å²) in [6.45, 7) is 1.90. The molecular weight excluding hydrogens is 334 g/mol. The molecule has 2 aromatic rings. The number of amides is 1. The van der Waals surface area contributed by atoms with E-state index >= 15 is 0 Å². The standard InChI is InChI=1S/C15H16BrN3O2/c1-9-6-11(16)7-12(17)14(9)21-13-5-4-10(8-18-13)15(20)19(2)3/h4-8H,17H2,1-3H3. The van der Waals surface area contributed by atoms with Gasteiger partial charge in [0.2, 0.25) is 5.88 Å². The van der Waals surface area contributed by atoms with Crippen molar-refractivity contribution in [2.75, 3.05) is 19.8 Å². The Morgan fingerprint density at radius 3 is 2.57 bits per heavy atom. The first kappa shape index (κ1) is 15.3. The van der Waals surface area contributed by atoms with Crippen LogP contribution in [0.25, 0.3) is 0 Å². The summed E-state index contributed by atoms with van der Waals surface area (Å²) in [6, 6.07) is 7.01. The molecule has 1 aromatic carbocycles. The lowest BCUT2D eigenvalue weighted by molar-refractivity contribution is 0.0827. The van der Waals surface area contributed by atoms with E-state index in [0.717, 1.165) is 10.0 Å². The molecular formula is C15H16BrN3O2. The Kier molecular flexibility index (Phi) is 4.47. The van der Waals surface area contributed by atoms with E-state index in [9.17, 15) is 4.79 Å². The SMILES string of the molecule is Cc1cc(Br)cc(N)c1Oc1ccc(C(=O)N(C)C)cn1. The quantitative estimate of drug-likeness (QED) is 0.863. The maximum Gasteiger partial charge on any atom is 0.254 e. The van der Waals surface area contributed by atoms with Gasteiger partial charge in [-0.3, -0.25) is 4.79 Å². The van der Waals surface area contributed by atoms with Crippen LogP contribution in [0.1, 0.15) is 15.9 Å². The van der Waals surface area contributed by atoms with Gasteiger partial charge in [-0.1, -0.05) is 15.9 Å². The molecule has 0 aliphatic carbocycles. The Bertz CT molecular complexity index is 646. The lowest BCUT2D eigenvalue weighted by Crippen LogP contribution is -2.21. The number of aromatic nitrogens is 1. The number of halogens is 1. The van der Waals surface area contributed by atoms with Gasteiger partial charge in [0.25, 0.3) is 5.91 Å². The first-order valence-corrected chi connectivity index (χ1v) is 7.09. The summed E-state index contributed by atoms with van der Waals surface area (Å²) in [5.74, 6) is 0.855. The Balaban J connectivity index is 2.24. The van der Waals surface area contributed by atoms with Gasteiger partial charge in [-0.05, 0) is 30.7 Å². The molecule has 0 spiro atoms. The second-order valence-electron chi connectivity index (χ2n) is 4.83. The molecule has 21 heavy (non-hydrogen) atoms. The topological polar surface area (TPSA) is 68.5 Å². The predicted octanol–water partition coefficient (Wildman–Crippen LogP) is 3.23. The number of ether oxygens (including phenoxy) is 1. The highest BCUT2D eigenvalue weighted by Gasteiger charge is 2.11. The Hall–Kier alpha value is -2.08. The fourth-order valence-electron chi connectivity index (χ4n) is 1.83. The fraction of sp³-hybridized carbons (Fsp3) is 0.200. The molecule has 0 aliphatic rings. The molecule has 110 valence electrons. The molecule has 0 fully saturated rings. The smallest absolute Gasteiger partial charge is 0.254 e. The van der Waals surface area contributed by atoms with E-state index < -0.39 is 0 Å².